The Bertz CT molecular complexity index is 722. The zero-order valence-electron chi connectivity index (χ0n) is 13.2. The highest BCUT2D eigenvalue weighted by Crippen LogP contribution is 2.21. The number of nitrogens with one attached hydrogen (secondary N) is 2. The summed E-state index contributed by atoms with van der Waals surface area (Å²) in [5.74, 6) is 0.392. The number of halogens is 1. The minimum absolute atomic E-state index is 0.414. The summed E-state index contributed by atoms with van der Waals surface area (Å²) in [6.45, 7) is 1.60. The van der Waals surface area contributed by atoms with Crippen LogP contribution in [0.1, 0.15) is 17.3 Å². The molecule has 0 radical (unpaired) electrons. The number of ether oxygens (including phenoxy) is 2. The lowest BCUT2D eigenvalue weighted by atomic mass is 10.2. The molecule has 2 N–H and O–H groups in total. The average molecular weight is 440 g/mol. The first-order chi connectivity index (χ1) is 11.5. The van der Waals surface area contributed by atoms with E-state index in [-0.39, 0.29) is 0 Å². The molecule has 1 atom stereocenters. The number of rotatable bonds is 5. The van der Waals surface area contributed by atoms with Crippen LogP contribution < -0.4 is 20.3 Å². The van der Waals surface area contributed by atoms with Crippen LogP contribution in [0.4, 0.5) is 0 Å². The SMILES string of the molecule is COc1ccc(C(=O)NNC(=O)C(C)Oc2ccccc2)cc1I. The monoisotopic (exact) mass is 440 g/mol. The molecular formula is C17H17IN2O4. The van der Waals surface area contributed by atoms with E-state index in [1.807, 2.05) is 18.2 Å². The van der Waals surface area contributed by atoms with Crippen LogP contribution in [-0.4, -0.2) is 25.0 Å². The van der Waals surface area contributed by atoms with E-state index in [1.54, 1.807) is 44.4 Å². The van der Waals surface area contributed by atoms with Crippen molar-refractivity contribution in [1.82, 2.24) is 10.9 Å². The molecule has 0 bridgehead atoms. The van der Waals surface area contributed by atoms with E-state index in [1.165, 1.54) is 0 Å². The molecule has 0 heterocycles. The zero-order valence-corrected chi connectivity index (χ0v) is 15.4. The molecule has 2 rings (SSSR count). The van der Waals surface area contributed by atoms with Gasteiger partial charge in [0.15, 0.2) is 6.10 Å². The van der Waals surface area contributed by atoms with Gasteiger partial charge in [-0.05, 0) is 59.8 Å². The smallest absolute Gasteiger partial charge is 0.279 e. The molecule has 0 aliphatic heterocycles. The Morgan fingerprint density at radius 2 is 1.79 bits per heavy atom. The summed E-state index contributed by atoms with van der Waals surface area (Å²) < 4.78 is 11.4. The molecule has 2 amide bonds. The van der Waals surface area contributed by atoms with Crippen LogP contribution >= 0.6 is 22.6 Å². The first kappa shape index (κ1) is 18.1. The molecule has 0 fully saturated rings. The van der Waals surface area contributed by atoms with Gasteiger partial charge < -0.3 is 9.47 Å². The van der Waals surface area contributed by atoms with Crippen molar-refractivity contribution in [3.05, 3.63) is 57.7 Å². The second kappa shape index (κ2) is 8.53. The van der Waals surface area contributed by atoms with Gasteiger partial charge in [-0.2, -0.15) is 0 Å². The van der Waals surface area contributed by atoms with Crippen LogP contribution in [0.3, 0.4) is 0 Å². The van der Waals surface area contributed by atoms with Crippen LogP contribution in [0.5, 0.6) is 11.5 Å². The molecule has 0 aliphatic carbocycles. The summed E-state index contributed by atoms with van der Waals surface area (Å²) in [7, 11) is 1.56. The number of amides is 2. The number of benzene rings is 2. The van der Waals surface area contributed by atoms with Gasteiger partial charge in [-0.25, -0.2) is 0 Å². The van der Waals surface area contributed by atoms with Crippen molar-refractivity contribution < 1.29 is 19.1 Å². The lowest BCUT2D eigenvalue weighted by molar-refractivity contribution is -0.128. The van der Waals surface area contributed by atoms with Crippen molar-refractivity contribution in [3.8, 4) is 11.5 Å². The molecule has 2 aromatic rings. The third-order valence-corrected chi connectivity index (χ3v) is 3.98. The van der Waals surface area contributed by atoms with Gasteiger partial charge in [0.2, 0.25) is 0 Å². The molecule has 7 heteroatoms. The van der Waals surface area contributed by atoms with E-state index < -0.39 is 17.9 Å². The number of hydrogen-bond acceptors (Lipinski definition) is 4. The second-order valence-electron chi connectivity index (χ2n) is 4.87. The summed E-state index contributed by atoms with van der Waals surface area (Å²) in [6.07, 6.45) is -0.747. The van der Waals surface area contributed by atoms with Gasteiger partial charge in [0.05, 0.1) is 10.7 Å². The molecule has 126 valence electrons. The number of carbonyl (C=O) groups is 2. The largest absolute Gasteiger partial charge is 0.496 e. The van der Waals surface area contributed by atoms with Crippen LogP contribution in [0.15, 0.2) is 48.5 Å². The van der Waals surface area contributed by atoms with E-state index in [2.05, 4.69) is 33.4 Å². The maximum absolute atomic E-state index is 12.1. The maximum Gasteiger partial charge on any atom is 0.279 e. The summed E-state index contributed by atoms with van der Waals surface area (Å²) in [4.78, 5) is 24.0. The fourth-order valence-electron chi connectivity index (χ4n) is 1.86. The van der Waals surface area contributed by atoms with E-state index in [9.17, 15) is 9.59 Å². The van der Waals surface area contributed by atoms with Gasteiger partial charge in [0, 0.05) is 5.56 Å². The Balaban J connectivity index is 1.88. The highest BCUT2D eigenvalue weighted by Gasteiger charge is 2.16. The third-order valence-electron chi connectivity index (χ3n) is 3.14. The summed E-state index contributed by atoms with van der Waals surface area (Å²) in [5, 5.41) is 0. The maximum atomic E-state index is 12.1. The Hall–Kier alpha value is -2.29. The van der Waals surface area contributed by atoms with Gasteiger partial charge in [0.25, 0.3) is 11.8 Å². The Kier molecular flexibility index (Phi) is 6.42. The lowest BCUT2D eigenvalue weighted by Crippen LogP contribution is -2.47. The molecule has 2 aromatic carbocycles. The van der Waals surface area contributed by atoms with Gasteiger partial charge >= 0.3 is 0 Å². The molecule has 0 aromatic heterocycles. The minimum Gasteiger partial charge on any atom is -0.496 e. The molecular weight excluding hydrogens is 423 g/mol. The van der Waals surface area contributed by atoms with Gasteiger partial charge in [0.1, 0.15) is 11.5 Å². The van der Waals surface area contributed by atoms with Gasteiger partial charge in [-0.3, -0.25) is 20.4 Å². The zero-order chi connectivity index (χ0) is 17.5. The molecule has 0 saturated heterocycles. The fraction of sp³-hybridized carbons (Fsp3) is 0.176. The van der Waals surface area contributed by atoms with Crippen molar-refractivity contribution in [3.63, 3.8) is 0 Å². The van der Waals surface area contributed by atoms with E-state index in [0.29, 0.717) is 17.1 Å². The van der Waals surface area contributed by atoms with Crippen LogP contribution in [-0.2, 0) is 4.79 Å². The van der Waals surface area contributed by atoms with Crippen molar-refractivity contribution in [2.75, 3.05) is 7.11 Å². The minimum atomic E-state index is -0.747. The highest BCUT2D eigenvalue weighted by molar-refractivity contribution is 14.1. The Morgan fingerprint density at radius 3 is 2.42 bits per heavy atom. The number of hydrazine groups is 1. The molecule has 6 nitrogen and oxygen atoms in total. The molecule has 0 saturated carbocycles. The summed E-state index contributed by atoms with van der Waals surface area (Å²) in [6, 6.07) is 14.0. The third kappa shape index (κ3) is 4.85. The molecule has 24 heavy (non-hydrogen) atoms. The van der Waals surface area contributed by atoms with Crippen molar-refractivity contribution in [1.29, 1.82) is 0 Å². The van der Waals surface area contributed by atoms with E-state index in [4.69, 9.17) is 9.47 Å². The quantitative estimate of drug-likeness (QED) is 0.554. The van der Waals surface area contributed by atoms with Gasteiger partial charge in [-0.1, -0.05) is 18.2 Å². The van der Waals surface area contributed by atoms with E-state index >= 15 is 0 Å². The summed E-state index contributed by atoms with van der Waals surface area (Å²) in [5.41, 5.74) is 5.13. The topological polar surface area (TPSA) is 76.7 Å². The van der Waals surface area contributed by atoms with Crippen LogP contribution in [0.25, 0.3) is 0 Å². The molecule has 1 unspecified atom stereocenters. The lowest BCUT2D eigenvalue weighted by Gasteiger charge is -2.15. The Morgan fingerprint density at radius 1 is 1.08 bits per heavy atom. The first-order valence-corrected chi connectivity index (χ1v) is 8.24. The number of para-hydroxylation sites is 1. The molecule has 0 spiro atoms. The predicted molar refractivity (Wildman–Crippen MR) is 97.9 cm³/mol. The average Bonchev–Trinajstić information content (AvgIpc) is 2.60. The van der Waals surface area contributed by atoms with Gasteiger partial charge in [-0.15, -0.1) is 0 Å². The number of hydrogen-bond donors (Lipinski definition) is 2. The Labute approximate surface area is 153 Å². The normalized spacial score (nSPS) is 11.3. The predicted octanol–water partition coefficient (Wildman–Crippen LogP) is 2.53. The second-order valence-corrected chi connectivity index (χ2v) is 6.03. The molecule has 0 aliphatic rings. The van der Waals surface area contributed by atoms with Crippen LogP contribution in [0.2, 0.25) is 0 Å². The van der Waals surface area contributed by atoms with Crippen molar-refractivity contribution in [2.45, 2.75) is 13.0 Å². The number of methoxy groups -OCH3 is 1. The first-order valence-electron chi connectivity index (χ1n) is 7.16. The van der Waals surface area contributed by atoms with Crippen LogP contribution in [0, 0.1) is 3.57 Å². The van der Waals surface area contributed by atoms with Crippen molar-refractivity contribution in [2.24, 2.45) is 0 Å². The standard InChI is InChI=1S/C17H17IN2O4/c1-11(24-13-6-4-3-5-7-13)16(21)19-20-17(22)12-8-9-15(23-2)14(18)10-12/h3-11H,1-2H3,(H,19,21)(H,20,22). The fourth-order valence-corrected chi connectivity index (χ4v) is 2.59. The summed E-state index contributed by atoms with van der Waals surface area (Å²) >= 11 is 2.07. The number of carbonyl (C=O) groups excluding carboxylic acids is 2. The van der Waals surface area contributed by atoms with Crippen molar-refractivity contribution >= 4 is 34.4 Å². The highest BCUT2D eigenvalue weighted by atomic mass is 127. The van der Waals surface area contributed by atoms with E-state index in [0.717, 1.165) is 3.57 Å².